The van der Waals surface area contributed by atoms with Gasteiger partial charge in [0, 0.05) is 37.7 Å². The molecule has 0 saturated carbocycles. The number of aromatic nitrogens is 3. The second kappa shape index (κ2) is 7.16. The van der Waals surface area contributed by atoms with E-state index in [4.69, 9.17) is 5.84 Å². The average Bonchev–Trinajstić information content (AvgIpc) is 3.00. The average molecular weight is 310 g/mol. The summed E-state index contributed by atoms with van der Waals surface area (Å²) in [4.78, 5) is 7.96. The molecular weight excluding hydrogens is 292 g/mol. The largest absolute Gasteiger partial charge is 0.337 e. The molecule has 2 heterocycles. The first kappa shape index (κ1) is 15.4. The maximum atomic E-state index is 12.1. The predicted octanol–water partition coefficient (Wildman–Crippen LogP) is 0.322. The first-order chi connectivity index (χ1) is 10.1. The lowest BCUT2D eigenvalue weighted by molar-refractivity contribution is 0.566. The number of nitrogens with two attached hydrogens (primary N) is 1. The molecule has 0 bridgehead atoms. The number of nitrogens with one attached hydrogen (secondary N) is 2. The van der Waals surface area contributed by atoms with Crippen LogP contribution in [0.1, 0.15) is 12.8 Å². The van der Waals surface area contributed by atoms with Crippen molar-refractivity contribution in [2.24, 2.45) is 5.84 Å². The molecule has 0 radical (unpaired) electrons. The molecule has 0 aliphatic carbocycles. The minimum Gasteiger partial charge on any atom is -0.337 e. The lowest BCUT2D eigenvalue weighted by Crippen LogP contribution is -2.25. The Morgan fingerprint density at radius 3 is 2.86 bits per heavy atom. The highest BCUT2D eigenvalue weighted by molar-refractivity contribution is 7.89. The Kier molecular flexibility index (Phi) is 5.26. The standard InChI is InChI=1S/C12H18N6O2S/c13-17-12-9-11(3-5-15-12)21(19,20)16-4-1-2-7-18-8-6-14-10-18/h3,5-6,8-10,16H,1-2,4,7,13H2,(H,15,17). The summed E-state index contributed by atoms with van der Waals surface area (Å²) in [6, 6.07) is 2.81. The van der Waals surface area contributed by atoms with Gasteiger partial charge in [-0.05, 0) is 18.9 Å². The Balaban J connectivity index is 1.80. The minimum atomic E-state index is -3.53. The summed E-state index contributed by atoms with van der Waals surface area (Å²) in [6.45, 7) is 1.20. The van der Waals surface area contributed by atoms with Crippen LogP contribution in [0.4, 0.5) is 5.82 Å². The van der Waals surface area contributed by atoms with E-state index in [1.165, 1.54) is 18.3 Å². The molecule has 8 nitrogen and oxygen atoms in total. The molecule has 0 unspecified atom stereocenters. The second-order valence-electron chi connectivity index (χ2n) is 4.43. The van der Waals surface area contributed by atoms with Gasteiger partial charge in [-0.25, -0.2) is 29.0 Å². The van der Waals surface area contributed by atoms with Crippen molar-refractivity contribution in [2.75, 3.05) is 12.0 Å². The number of nitrogen functional groups attached to an aromatic ring is 1. The molecule has 0 amide bonds. The van der Waals surface area contributed by atoms with E-state index >= 15 is 0 Å². The Morgan fingerprint density at radius 2 is 2.14 bits per heavy atom. The van der Waals surface area contributed by atoms with Gasteiger partial charge in [-0.15, -0.1) is 0 Å². The summed E-state index contributed by atoms with van der Waals surface area (Å²) in [7, 11) is -3.53. The number of rotatable bonds is 8. The van der Waals surface area contributed by atoms with Gasteiger partial charge in [-0.2, -0.15) is 0 Å². The zero-order valence-corrected chi connectivity index (χ0v) is 12.3. The van der Waals surface area contributed by atoms with Crippen LogP contribution in [-0.2, 0) is 16.6 Å². The molecule has 9 heteroatoms. The van der Waals surface area contributed by atoms with Gasteiger partial charge in [-0.3, -0.25) is 0 Å². The number of hydrogen-bond donors (Lipinski definition) is 3. The summed E-state index contributed by atoms with van der Waals surface area (Å²) in [5.74, 6) is 5.52. The normalized spacial score (nSPS) is 11.5. The predicted molar refractivity (Wildman–Crippen MR) is 78.7 cm³/mol. The van der Waals surface area contributed by atoms with Gasteiger partial charge in [0.25, 0.3) is 0 Å². The zero-order chi connectivity index (χ0) is 15.1. The first-order valence-electron chi connectivity index (χ1n) is 6.50. The molecule has 0 aromatic carbocycles. The molecule has 2 aromatic rings. The van der Waals surface area contributed by atoms with E-state index in [9.17, 15) is 8.42 Å². The molecule has 21 heavy (non-hydrogen) atoms. The summed E-state index contributed by atoms with van der Waals surface area (Å²) in [6.07, 6.45) is 8.33. The van der Waals surface area contributed by atoms with Gasteiger partial charge in [0.2, 0.25) is 10.0 Å². The van der Waals surface area contributed by atoms with E-state index in [0.717, 1.165) is 19.4 Å². The highest BCUT2D eigenvalue weighted by Crippen LogP contribution is 2.11. The molecule has 0 saturated heterocycles. The van der Waals surface area contributed by atoms with E-state index < -0.39 is 10.0 Å². The van der Waals surface area contributed by atoms with Crippen molar-refractivity contribution in [3.63, 3.8) is 0 Å². The molecule has 4 N–H and O–H groups in total. The number of pyridine rings is 1. The number of sulfonamides is 1. The lowest BCUT2D eigenvalue weighted by Gasteiger charge is -2.08. The third kappa shape index (κ3) is 4.52. The Bertz CT molecular complexity index is 656. The fraction of sp³-hybridized carbons (Fsp3) is 0.333. The van der Waals surface area contributed by atoms with Crippen molar-refractivity contribution in [3.05, 3.63) is 37.1 Å². The van der Waals surface area contributed by atoms with Crippen molar-refractivity contribution >= 4 is 15.8 Å². The minimum absolute atomic E-state index is 0.139. The van der Waals surface area contributed by atoms with E-state index in [2.05, 4.69) is 20.1 Å². The van der Waals surface area contributed by atoms with Crippen LogP contribution in [0.5, 0.6) is 0 Å². The molecule has 0 spiro atoms. The maximum absolute atomic E-state index is 12.1. The van der Waals surface area contributed by atoms with Gasteiger partial charge >= 0.3 is 0 Å². The molecular formula is C12H18N6O2S. The smallest absolute Gasteiger partial charge is 0.240 e. The summed E-state index contributed by atoms with van der Waals surface area (Å²) in [5.41, 5.74) is 2.32. The fourth-order valence-electron chi connectivity index (χ4n) is 1.79. The molecule has 0 fully saturated rings. The van der Waals surface area contributed by atoms with E-state index in [1.54, 1.807) is 12.5 Å². The lowest BCUT2D eigenvalue weighted by atomic mass is 10.3. The van der Waals surface area contributed by atoms with Crippen LogP contribution < -0.4 is 16.0 Å². The highest BCUT2D eigenvalue weighted by Gasteiger charge is 2.13. The molecule has 0 atom stereocenters. The molecule has 114 valence electrons. The van der Waals surface area contributed by atoms with Crippen molar-refractivity contribution in [2.45, 2.75) is 24.3 Å². The number of aryl methyl sites for hydroxylation is 1. The number of anilines is 1. The number of unbranched alkanes of at least 4 members (excludes halogenated alkanes) is 1. The first-order valence-corrected chi connectivity index (χ1v) is 7.98. The number of imidazole rings is 1. The molecule has 0 aliphatic heterocycles. The molecule has 0 aliphatic rings. The summed E-state index contributed by atoms with van der Waals surface area (Å²) < 4.78 is 28.7. The van der Waals surface area contributed by atoms with Gasteiger partial charge in [0.05, 0.1) is 11.2 Å². The highest BCUT2D eigenvalue weighted by atomic mass is 32.2. The maximum Gasteiger partial charge on any atom is 0.240 e. The van der Waals surface area contributed by atoms with Crippen LogP contribution in [0, 0.1) is 0 Å². The van der Waals surface area contributed by atoms with Crippen molar-refractivity contribution in [1.82, 2.24) is 19.3 Å². The summed E-state index contributed by atoms with van der Waals surface area (Å²) >= 11 is 0. The third-order valence-corrected chi connectivity index (χ3v) is 4.34. The zero-order valence-electron chi connectivity index (χ0n) is 11.4. The van der Waals surface area contributed by atoms with Gasteiger partial charge < -0.3 is 9.99 Å². The number of nitrogens with zero attached hydrogens (tertiary/aromatic N) is 3. The SMILES string of the molecule is NNc1cc(S(=O)(=O)NCCCCn2ccnc2)ccn1. The van der Waals surface area contributed by atoms with Crippen molar-refractivity contribution < 1.29 is 8.42 Å². The van der Waals surface area contributed by atoms with E-state index in [-0.39, 0.29) is 4.90 Å². The second-order valence-corrected chi connectivity index (χ2v) is 6.19. The van der Waals surface area contributed by atoms with Crippen LogP contribution >= 0.6 is 0 Å². The Labute approximate surface area is 123 Å². The topological polar surface area (TPSA) is 115 Å². The monoisotopic (exact) mass is 310 g/mol. The van der Waals surface area contributed by atoms with Gasteiger partial charge in [0.1, 0.15) is 5.82 Å². The Hall–Kier alpha value is -1.97. The van der Waals surface area contributed by atoms with Gasteiger partial charge in [-0.1, -0.05) is 0 Å². The van der Waals surface area contributed by atoms with Crippen molar-refractivity contribution in [1.29, 1.82) is 0 Å². The molecule has 2 rings (SSSR count). The van der Waals surface area contributed by atoms with Crippen LogP contribution in [0.15, 0.2) is 41.9 Å². The van der Waals surface area contributed by atoms with Crippen LogP contribution in [0.3, 0.4) is 0 Å². The van der Waals surface area contributed by atoms with Crippen molar-refractivity contribution in [3.8, 4) is 0 Å². The van der Waals surface area contributed by atoms with E-state index in [1.807, 2.05) is 10.8 Å². The summed E-state index contributed by atoms with van der Waals surface area (Å²) in [5, 5.41) is 0. The molecule has 2 aromatic heterocycles. The number of hydrogen-bond acceptors (Lipinski definition) is 6. The fourth-order valence-corrected chi connectivity index (χ4v) is 2.87. The van der Waals surface area contributed by atoms with Crippen LogP contribution in [0.25, 0.3) is 0 Å². The number of hydrazine groups is 1. The van der Waals surface area contributed by atoms with Crippen LogP contribution in [-0.4, -0.2) is 29.5 Å². The van der Waals surface area contributed by atoms with E-state index in [0.29, 0.717) is 12.4 Å². The quantitative estimate of drug-likeness (QED) is 0.367. The van der Waals surface area contributed by atoms with Gasteiger partial charge in [0.15, 0.2) is 0 Å². The van der Waals surface area contributed by atoms with Crippen LogP contribution in [0.2, 0.25) is 0 Å². The third-order valence-electron chi connectivity index (χ3n) is 2.88. The Morgan fingerprint density at radius 1 is 1.29 bits per heavy atom.